The van der Waals surface area contributed by atoms with E-state index in [4.69, 9.17) is 0 Å². The Kier molecular flexibility index (Phi) is 2.40. The molecule has 0 unspecified atom stereocenters. The minimum atomic E-state index is -0.196. The molecule has 1 saturated carbocycles. The zero-order chi connectivity index (χ0) is 10.1. The SMILES string of the molecule is CC(C)c1cc(C2CCC2)[nH]c(=O)n1. The van der Waals surface area contributed by atoms with Crippen LogP contribution < -0.4 is 5.69 Å². The molecule has 0 radical (unpaired) electrons. The van der Waals surface area contributed by atoms with E-state index < -0.39 is 0 Å². The van der Waals surface area contributed by atoms with E-state index in [2.05, 4.69) is 29.9 Å². The van der Waals surface area contributed by atoms with Gasteiger partial charge in [-0.05, 0) is 30.7 Å². The monoisotopic (exact) mass is 192 g/mol. The lowest BCUT2D eigenvalue weighted by molar-refractivity contribution is 0.409. The molecule has 3 heteroatoms. The van der Waals surface area contributed by atoms with Crippen LogP contribution in [0.3, 0.4) is 0 Å². The van der Waals surface area contributed by atoms with Crippen molar-refractivity contribution in [2.24, 2.45) is 0 Å². The molecule has 0 saturated heterocycles. The number of rotatable bonds is 2. The molecule has 0 aliphatic heterocycles. The van der Waals surface area contributed by atoms with E-state index in [1.807, 2.05) is 0 Å². The van der Waals surface area contributed by atoms with Crippen LogP contribution in [0.1, 0.15) is 56.3 Å². The van der Waals surface area contributed by atoms with Crippen LogP contribution in [0.15, 0.2) is 10.9 Å². The maximum absolute atomic E-state index is 11.3. The largest absolute Gasteiger partial charge is 0.345 e. The molecule has 3 nitrogen and oxygen atoms in total. The molecule has 1 aliphatic rings. The van der Waals surface area contributed by atoms with Crippen LogP contribution in [0.25, 0.3) is 0 Å². The Balaban J connectivity index is 2.35. The summed E-state index contributed by atoms with van der Waals surface area (Å²) in [7, 11) is 0. The first kappa shape index (κ1) is 9.44. The molecule has 1 N–H and O–H groups in total. The zero-order valence-corrected chi connectivity index (χ0v) is 8.71. The second-order valence-corrected chi connectivity index (χ2v) is 4.35. The number of H-pyrrole nitrogens is 1. The summed E-state index contributed by atoms with van der Waals surface area (Å²) in [5.74, 6) is 0.902. The lowest BCUT2D eigenvalue weighted by atomic mass is 9.82. The molecule has 0 aromatic carbocycles. The molecular formula is C11H16N2O. The van der Waals surface area contributed by atoms with Crippen molar-refractivity contribution in [1.82, 2.24) is 9.97 Å². The molecule has 1 aliphatic carbocycles. The van der Waals surface area contributed by atoms with Crippen molar-refractivity contribution in [3.63, 3.8) is 0 Å². The molecule has 0 bridgehead atoms. The van der Waals surface area contributed by atoms with Gasteiger partial charge in [-0.25, -0.2) is 4.79 Å². The third-order valence-electron chi connectivity index (χ3n) is 2.92. The van der Waals surface area contributed by atoms with Crippen molar-refractivity contribution in [3.8, 4) is 0 Å². The summed E-state index contributed by atoms with van der Waals surface area (Å²) >= 11 is 0. The van der Waals surface area contributed by atoms with Crippen molar-refractivity contribution >= 4 is 0 Å². The summed E-state index contributed by atoms with van der Waals surface area (Å²) in [6, 6.07) is 2.05. The Labute approximate surface area is 83.6 Å². The van der Waals surface area contributed by atoms with Gasteiger partial charge in [0.1, 0.15) is 0 Å². The molecular weight excluding hydrogens is 176 g/mol. The summed E-state index contributed by atoms with van der Waals surface area (Å²) in [5, 5.41) is 0. The van der Waals surface area contributed by atoms with E-state index in [0.29, 0.717) is 11.8 Å². The normalized spacial score (nSPS) is 17.1. The fraction of sp³-hybridized carbons (Fsp3) is 0.636. The first-order valence-corrected chi connectivity index (χ1v) is 5.28. The van der Waals surface area contributed by atoms with Gasteiger partial charge in [-0.1, -0.05) is 20.3 Å². The average Bonchev–Trinajstić information content (AvgIpc) is 1.99. The summed E-state index contributed by atoms with van der Waals surface area (Å²) < 4.78 is 0. The van der Waals surface area contributed by atoms with Gasteiger partial charge in [0.2, 0.25) is 0 Å². The first-order valence-electron chi connectivity index (χ1n) is 5.28. The Morgan fingerprint density at radius 3 is 2.71 bits per heavy atom. The summed E-state index contributed by atoms with van der Waals surface area (Å²) in [6.45, 7) is 4.12. The third kappa shape index (κ3) is 1.72. The molecule has 0 spiro atoms. The van der Waals surface area contributed by atoms with Crippen LogP contribution in [0.4, 0.5) is 0 Å². The van der Waals surface area contributed by atoms with Gasteiger partial charge in [0.15, 0.2) is 0 Å². The maximum Gasteiger partial charge on any atom is 0.345 e. The second kappa shape index (κ2) is 3.56. The van der Waals surface area contributed by atoms with Gasteiger partial charge in [0.25, 0.3) is 0 Å². The number of aromatic amines is 1. The van der Waals surface area contributed by atoms with Gasteiger partial charge in [0.05, 0.1) is 5.69 Å². The topological polar surface area (TPSA) is 45.8 Å². The van der Waals surface area contributed by atoms with E-state index in [-0.39, 0.29) is 5.69 Å². The van der Waals surface area contributed by atoms with Crippen LogP contribution in [0.5, 0.6) is 0 Å². The van der Waals surface area contributed by atoms with Crippen LogP contribution in [0.2, 0.25) is 0 Å². The van der Waals surface area contributed by atoms with Gasteiger partial charge in [-0.2, -0.15) is 4.98 Å². The van der Waals surface area contributed by atoms with E-state index >= 15 is 0 Å². The fourth-order valence-corrected chi connectivity index (χ4v) is 1.73. The van der Waals surface area contributed by atoms with Crippen molar-refractivity contribution in [3.05, 3.63) is 27.9 Å². The molecule has 76 valence electrons. The minimum Gasteiger partial charge on any atom is -0.310 e. The van der Waals surface area contributed by atoms with Crippen molar-refractivity contribution < 1.29 is 0 Å². The number of hydrogen-bond acceptors (Lipinski definition) is 2. The number of aromatic nitrogens is 2. The molecule has 14 heavy (non-hydrogen) atoms. The van der Waals surface area contributed by atoms with E-state index in [1.165, 1.54) is 19.3 Å². The van der Waals surface area contributed by atoms with Crippen LogP contribution in [0, 0.1) is 0 Å². The van der Waals surface area contributed by atoms with Crippen LogP contribution >= 0.6 is 0 Å². The predicted molar refractivity (Wildman–Crippen MR) is 55.5 cm³/mol. The second-order valence-electron chi connectivity index (χ2n) is 4.35. The highest BCUT2D eigenvalue weighted by Crippen LogP contribution is 2.35. The molecule has 1 heterocycles. The van der Waals surface area contributed by atoms with Crippen molar-refractivity contribution in [2.75, 3.05) is 0 Å². The zero-order valence-electron chi connectivity index (χ0n) is 8.71. The third-order valence-corrected chi connectivity index (χ3v) is 2.92. The van der Waals surface area contributed by atoms with Gasteiger partial charge in [-0.15, -0.1) is 0 Å². The molecule has 0 amide bonds. The van der Waals surface area contributed by atoms with E-state index in [1.54, 1.807) is 0 Å². The average molecular weight is 192 g/mol. The van der Waals surface area contributed by atoms with Crippen molar-refractivity contribution in [1.29, 1.82) is 0 Å². The van der Waals surface area contributed by atoms with Crippen molar-refractivity contribution in [2.45, 2.75) is 44.9 Å². The number of nitrogens with zero attached hydrogens (tertiary/aromatic N) is 1. The molecule has 0 atom stereocenters. The fourth-order valence-electron chi connectivity index (χ4n) is 1.73. The van der Waals surface area contributed by atoms with Crippen LogP contribution in [-0.2, 0) is 0 Å². The smallest absolute Gasteiger partial charge is 0.310 e. The summed E-state index contributed by atoms with van der Waals surface area (Å²) in [6.07, 6.45) is 3.70. The number of nitrogens with one attached hydrogen (secondary N) is 1. The molecule has 1 aromatic rings. The minimum absolute atomic E-state index is 0.196. The molecule has 1 fully saturated rings. The first-order chi connectivity index (χ1) is 6.66. The lowest BCUT2D eigenvalue weighted by Crippen LogP contribution is -2.20. The maximum atomic E-state index is 11.3. The number of hydrogen-bond donors (Lipinski definition) is 1. The Hall–Kier alpha value is -1.12. The van der Waals surface area contributed by atoms with E-state index in [0.717, 1.165) is 11.4 Å². The highest BCUT2D eigenvalue weighted by molar-refractivity contribution is 5.16. The Morgan fingerprint density at radius 2 is 2.21 bits per heavy atom. The highest BCUT2D eigenvalue weighted by Gasteiger charge is 2.21. The van der Waals surface area contributed by atoms with Gasteiger partial charge in [0, 0.05) is 5.69 Å². The van der Waals surface area contributed by atoms with Crippen LogP contribution in [-0.4, -0.2) is 9.97 Å². The summed E-state index contributed by atoms with van der Waals surface area (Å²) in [5.41, 5.74) is 1.80. The van der Waals surface area contributed by atoms with Gasteiger partial charge >= 0.3 is 5.69 Å². The molecule has 1 aromatic heterocycles. The standard InChI is InChI=1S/C11H16N2O/c1-7(2)9-6-10(8-4-3-5-8)13-11(14)12-9/h6-8H,3-5H2,1-2H3,(H,12,13,14). The van der Waals surface area contributed by atoms with Gasteiger partial charge in [-0.3, -0.25) is 0 Å². The summed E-state index contributed by atoms with van der Waals surface area (Å²) in [4.78, 5) is 18.1. The van der Waals surface area contributed by atoms with E-state index in [9.17, 15) is 4.79 Å². The Morgan fingerprint density at radius 1 is 1.50 bits per heavy atom. The predicted octanol–water partition coefficient (Wildman–Crippen LogP) is 2.16. The highest BCUT2D eigenvalue weighted by atomic mass is 16.1. The van der Waals surface area contributed by atoms with Gasteiger partial charge < -0.3 is 4.98 Å². The quantitative estimate of drug-likeness (QED) is 0.780. The molecule has 2 rings (SSSR count). The Bertz CT molecular complexity index is 377. The lowest BCUT2D eigenvalue weighted by Gasteiger charge is -2.25.